The number of fused-ring (bicyclic) bond motifs is 1. The van der Waals surface area contributed by atoms with E-state index in [0.717, 1.165) is 20.8 Å². The van der Waals surface area contributed by atoms with Gasteiger partial charge in [0.25, 0.3) is 0 Å². The molecule has 0 saturated heterocycles. The van der Waals surface area contributed by atoms with E-state index < -0.39 is 0 Å². The highest BCUT2D eigenvalue weighted by Gasteiger charge is 2.11. The van der Waals surface area contributed by atoms with Crippen LogP contribution >= 0.6 is 11.3 Å². The average Bonchev–Trinajstić information content (AvgIpc) is 2.75. The van der Waals surface area contributed by atoms with Crippen molar-refractivity contribution in [3.05, 3.63) is 36.2 Å². The lowest BCUT2D eigenvalue weighted by Crippen LogP contribution is -1.95. The molecule has 1 aromatic carbocycles. The van der Waals surface area contributed by atoms with Crippen molar-refractivity contribution in [2.45, 2.75) is 6.92 Å². The van der Waals surface area contributed by atoms with Gasteiger partial charge in [-0.2, -0.15) is 0 Å². The molecule has 5 heteroatoms. The van der Waals surface area contributed by atoms with Crippen LogP contribution in [0.15, 0.2) is 30.6 Å². The molecule has 2 N–H and O–H groups in total. The molecule has 0 aliphatic heterocycles. The summed E-state index contributed by atoms with van der Waals surface area (Å²) >= 11 is 1.59. The van der Waals surface area contributed by atoms with E-state index in [1.165, 1.54) is 0 Å². The summed E-state index contributed by atoms with van der Waals surface area (Å²) in [5, 5.41) is 0.819. The van der Waals surface area contributed by atoms with Crippen LogP contribution in [0, 0.1) is 6.92 Å². The van der Waals surface area contributed by atoms with Crippen molar-refractivity contribution in [3.8, 4) is 10.7 Å². The number of aryl methyl sites for hydroxylation is 1. The molecule has 0 amide bonds. The zero-order valence-corrected chi connectivity index (χ0v) is 10.0. The lowest BCUT2D eigenvalue weighted by molar-refractivity contribution is 1.21. The molecule has 0 aliphatic rings. The minimum absolute atomic E-state index is 0.421. The van der Waals surface area contributed by atoms with Crippen LogP contribution in [-0.2, 0) is 0 Å². The summed E-state index contributed by atoms with van der Waals surface area (Å²) in [5.74, 6) is 0.421. The Bertz CT molecular complexity index is 690. The molecule has 0 fully saturated rings. The van der Waals surface area contributed by atoms with E-state index in [1.807, 2.05) is 19.1 Å². The Morgan fingerprint density at radius 1 is 1.18 bits per heavy atom. The third-order valence-electron chi connectivity index (χ3n) is 2.55. The van der Waals surface area contributed by atoms with E-state index in [2.05, 4.69) is 21.0 Å². The quantitative estimate of drug-likeness (QED) is 0.712. The van der Waals surface area contributed by atoms with Gasteiger partial charge < -0.3 is 5.73 Å². The number of hydrogen-bond donors (Lipinski definition) is 1. The standard InChI is InChI=1S/C12H10N4S/c1-7-3-2-4-8-9(7)16-12(17-8)10-11(13)15-6-5-14-10/h2-6H,1H3,(H2,13,15). The third kappa shape index (κ3) is 1.64. The van der Waals surface area contributed by atoms with Crippen LogP contribution in [0.1, 0.15) is 5.56 Å². The highest BCUT2D eigenvalue weighted by Crippen LogP contribution is 2.32. The molecule has 0 radical (unpaired) electrons. The van der Waals surface area contributed by atoms with Crippen LogP contribution in [-0.4, -0.2) is 15.0 Å². The second kappa shape index (κ2) is 3.78. The number of nitrogens with two attached hydrogens (primary N) is 1. The molecule has 2 heterocycles. The summed E-state index contributed by atoms with van der Waals surface area (Å²) < 4.78 is 1.14. The first-order valence-corrected chi connectivity index (χ1v) is 6.00. The van der Waals surface area contributed by atoms with Crippen LogP contribution in [0.5, 0.6) is 0 Å². The molecule has 0 saturated carbocycles. The van der Waals surface area contributed by atoms with Gasteiger partial charge in [-0.05, 0) is 18.6 Å². The number of rotatable bonds is 1. The molecule has 0 atom stereocenters. The van der Waals surface area contributed by atoms with Crippen molar-refractivity contribution in [1.82, 2.24) is 15.0 Å². The number of nitrogen functional groups attached to an aromatic ring is 1. The maximum absolute atomic E-state index is 5.81. The summed E-state index contributed by atoms with van der Waals surface area (Å²) in [6.45, 7) is 2.05. The number of anilines is 1. The zero-order chi connectivity index (χ0) is 11.8. The molecule has 3 rings (SSSR count). The molecule has 0 bridgehead atoms. The molecule has 0 spiro atoms. The number of aromatic nitrogens is 3. The number of benzene rings is 1. The highest BCUT2D eigenvalue weighted by molar-refractivity contribution is 7.21. The molecule has 17 heavy (non-hydrogen) atoms. The van der Waals surface area contributed by atoms with Crippen LogP contribution < -0.4 is 5.73 Å². The number of para-hydroxylation sites is 1. The SMILES string of the molecule is Cc1cccc2sc(-c3nccnc3N)nc12. The van der Waals surface area contributed by atoms with E-state index in [1.54, 1.807) is 23.7 Å². The highest BCUT2D eigenvalue weighted by atomic mass is 32.1. The van der Waals surface area contributed by atoms with Crippen molar-refractivity contribution in [3.63, 3.8) is 0 Å². The Morgan fingerprint density at radius 2 is 2.00 bits per heavy atom. The Kier molecular flexibility index (Phi) is 2.26. The predicted octanol–water partition coefficient (Wildman–Crippen LogP) is 2.64. The lowest BCUT2D eigenvalue weighted by Gasteiger charge is -1.97. The number of nitrogens with zero attached hydrogens (tertiary/aromatic N) is 3. The largest absolute Gasteiger partial charge is 0.382 e. The normalized spacial score (nSPS) is 10.9. The fourth-order valence-electron chi connectivity index (χ4n) is 1.70. The van der Waals surface area contributed by atoms with Gasteiger partial charge in [-0.25, -0.2) is 15.0 Å². The summed E-state index contributed by atoms with van der Waals surface area (Å²) in [7, 11) is 0. The summed E-state index contributed by atoms with van der Waals surface area (Å²) in [6, 6.07) is 6.13. The molecular weight excluding hydrogens is 232 g/mol. The predicted molar refractivity (Wildman–Crippen MR) is 69.8 cm³/mol. The van der Waals surface area contributed by atoms with Crippen molar-refractivity contribution in [1.29, 1.82) is 0 Å². The molecule has 84 valence electrons. The van der Waals surface area contributed by atoms with Gasteiger partial charge in [0, 0.05) is 12.4 Å². The van der Waals surface area contributed by atoms with Crippen LogP contribution in [0.4, 0.5) is 5.82 Å². The monoisotopic (exact) mass is 242 g/mol. The third-order valence-corrected chi connectivity index (χ3v) is 3.58. The number of thiazole rings is 1. The Morgan fingerprint density at radius 3 is 2.76 bits per heavy atom. The zero-order valence-electron chi connectivity index (χ0n) is 9.21. The van der Waals surface area contributed by atoms with Crippen molar-refractivity contribution < 1.29 is 0 Å². The smallest absolute Gasteiger partial charge is 0.152 e. The van der Waals surface area contributed by atoms with Gasteiger partial charge >= 0.3 is 0 Å². The van der Waals surface area contributed by atoms with Gasteiger partial charge in [-0.1, -0.05) is 12.1 Å². The molecule has 2 aromatic heterocycles. The van der Waals surface area contributed by atoms with Gasteiger partial charge in [0.05, 0.1) is 10.2 Å². The van der Waals surface area contributed by atoms with Gasteiger partial charge in [-0.15, -0.1) is 11.3 Å². The van der Waals surface area contributed by atoms with Crippen LogP contribution in [0.3, 0.4) is 0 Å². The maximum atomic E-state index is 5.81. The van der Waals surface area contributed by atoms with Gasteiger partial charge in [-0.3, -0.25) is 0 Å². The first kappa shape index (κ1) is 10.2. The van der Waals surface area contributed by atoms with Crippen molar-refractivity contribution in [2.24, 2.45) is 0 Å². The second-order valence-electron chi connectivity index (χ2n) is 3.73. The summed E-state index contributed by atoms with van der Waals surface area (Å²) in [4.78, 5) is 12.8. The molecule has 0 unspecified atom stereocenters. The minimum Gasteiger partial charge on any atom is -0.382 e. The first-order valence-electron chi connectivity index (χ1n) is 5.19. The minimum atomic E-state index is 0.421. The van der Waals surface area contributed by atoms with Crippen LogP contribution in [0.2, 0.25) is 0 Å². The lowest BCUT2D eigenvalue weighted by atomic mass is 10.2. The first-order chi connectivity index (χ1) is 8.25. The second-order valence-corrected chi connectivity index (χ2v) is 4.76. The Hall–Kier alpha value is -2.01. The van der Waals surface area contributed by atoms with Crippen LogP contribution in [0.25, 0.3) is 20.9 Å². The topological polar surface area (TPSA) is 64.7 Å². The van der Waals surface area contributed by atoms with Crippen molar-refractivity contribution in [2.75, 3.05) is 5.73 Å². The molecular formula is C12H10N4S. The van der Waals surface area contributed by atoms with Gasteiger partial charge in [0.1, 0.15) is 10.7 Å². The maximum Gasteiger partial charge on any atom is 0.152 e. The van der Waals surface area contributed by atoms with Gasteiger partial charge in [0.2, 0.25) is 0 Å². The number of hydrogen-bond acceptors (Lipinski definition) is 5. The fraction of sp³-hybridized carbons (Fsp3) is 0.0833. The van der Waals surface area contributed by atoms with E-state index in [-0.39, 0.29) is 0 Å². The van der Waals surface area contributed by atoms with E-state index in [4.69, 9.17) is 5.73 Å². The average molecular weight is 242 g/mol. The van der Waals surface area contributed by atoms with Gasteiger partial charge in [0.15, 0.2) is 5.82 Å². The molecule has 0 aliphatic carbocycles. The Balaban J connectivity index is 2.26. The Labute approximate surface area is 102 Å². The molecule has 4 nitrogen and oxygen atoms in total. The van der Waals surface area contributed by atoms with E-state index >= 15 is 0 Å². The van der Waals surface area contributed by atoms with E-state index in [0.29, 0.717) is 11.5 Å². The van der Waals surface area contributed by atoms with Crippen molar-refractivity contribution >= 4 is 27.4 Å². The summed E-state index contributed by atoms with van der Waals surface area (Å²) in [5.41, 5.74) is 8.64. The van der Waals surface area contributed by atoms with E-state index in [9.17, 15) is 0 Å². The summed E-state index contributed by atoms with van der Waals surface area (Å²) in [6.07, 6.45) is 3.21. The fourth-order valence-corrected chi connectivity index (χ4v) is 2.75. The molecule has 3 aromatic rings.